The van der Waals surface area contributed by atoms with Crippen molar-refractivity contribution in [3.63, 3.8) is 0 Å². The quantitative estimate of drug-likeness (QED) is 0.151. The van der Waals surface area contributed by atoms with Crippen molar-refractivity contribution >= 4 is 52.4 Å². The zero-order chi connectivity index (χ0) is 29.9. The summed E-state index contributed by atoms with van der Waals surface area (Å²) >= 11 is 7.87. The second-order valence-electron chi connectivity index (χ2n) is 11.8. The SMILES string of the molecule is CC(C)(O)c1ccccc1C(O)CC(SCC1(CC(=O)O)CC1)c1cccc(/C=C/c2ccc3ccc(Cl)cc3n2)c1. The number of fused-ring (bicyclic) bond motifs is 1. The molecule has 3 aromatic carbocycles. The average molecular weight is 602 g/mol. The molecule has 1 aliphatic carbocycles. The highest BCUT2D eigenvalue weighted by Crippen LogP contribution is 2.54. The van der Waals surface area contributed by atoms with Crippen LogP contribution in [0.5, 0.6) is 0 Å². The molecule has 0 saturated heterocycles. The lowest BCUT2D eigenvalue weighted by Gasteiger charge is -2.27. The first-order valence-corrected chi connectivity index (χ1v) is 15.6. The molecular weight excluding hydrogens is 566 g/mol. The van der Waals surface area contributed by atoms with E-state index in [4.69, 9.17) is 16.6 Å². The number of aromatic nitrogens is 1. The fraction of sp³-hybridized carbons (Fsp3) is 0.314. The van der Waals surface area contributed by atoms with Crippen LogP contribution in [0.15, 0.2) is 78.9 Å². The topological polar surface area (TPSA) is 90.7 Å². The molecule has 3 N–H and O–H groups in total. The molecule has 0 amide bonds. The van der Waals surface area contributed by atoms with Crippen molar-refractivity contribution in [1.29, 1.82) is 0 Å². The molecule has 2 unspecified atom stereocenters. The van der Waals surface area contributed by atoms with Crippen molar-refractivity contribution in [2.24, 2.45) is 5.41 Å². The number of benzene rings is 3. The molecule has 4 aromatic rings. The van der Waals surface area contributed by atoms with E-state index in [1.54, 1.807) is 25.6 Å². The summed E-state index contributed by atoms with van der Waals surface area (Å²) in [7, 11) is 0. The predicted molar refractivity (Wildman–Crippen MR) is 173 cm³/mol. The summed E-state index contributed by atoms with van der Waals surface area (Å²) in [6.45, 7) is 3.45. The maximum Gasteiger partial charge on any atom is 0.303 e. The largest absolute Gasteiger partial charge is 0.481 e. The first-order valence-electron chi connectivity index (χ1n) is 14.2. The minimum absolute atomic E-state index is 0.0737. The second-order valence-corrected chi connectivity index (χ2v) is 13.5. The van der Waals surface area contributed by atoms with Gasteiger partial charge in [-0.15, -0.1) is 0 Å². The van der Waals surface area contributed by atoms with E-state index in [1.807, 2.05) is 78.9 Å². The molecule has 7 heteroatoms. The van der Waals surface area contributed by atoms with Gasteiger partial charge in [-0.25, -0.2) is 4.98 Å². The van der Waals surface area contributed by atoms with E-state index in [2.05, 4.69) is 12.1 Å². The Kier molecular flexibility index (Phi) is 9.09. The van der Waals surface area contributed by atoms with Gasteiger partial charge in [0.05, 0.1) is 29.3 Å². The number of aliphatic carboxylic acids is 1. The van der Waals surface area contributed by atoms with E-state index in [-0.39, 0.29) is 17.1 Å². The molecule has 0 bridgehead atoms. The van der Waals surface area contributed by atoms with Gasteiger partial charge in [-0.05, 0) is 85.1 Å². The number of pyridine rings is 1. The van der Waals surface area contributed by atoms with Gasteiger partial charge in [0, 0.05) is 21.4 Å². The van der Waals surface area contributed by atoms with Crippen LogP contribution in [-0.4, -0.2) is 32.0 Å². The zero-order valence-corrected chi connectivity index (χ0v) is 25.4. The molecule has 1 aliphatic rings. The number of hydrogen-bond donors (Lipinski definition) is 3. The lowest BCUT2D eigenvalue weighted by Crippen LogP contribution is -2.20. The Morgan fingerprint density at radius 2 is 1.81 bits per heavy atom. The molecule has 1 fully saturated rings. The molecule has 2 atom stereocenters. The maximum absolute atomic E-state index is 11.5. The smallest absolute Gasteiger partial charge is 0.303 e. The number of halogens is 1. The number of rotatable bonds is 12. The predicted octanol–water partition coefficient (Wildman–Crippen LogP) is 8.44. The summed E-state index contributed by atoms with van der Waals surface area (Å²) in [5, 5.41) is 33.3. The van der Waals surface area contributed by atoms with E-state index >= 15 is 0 Å². The summed E-state index contributed by atoms with van der Waals surface area (Å²) in [6.07, 6.45) is 5.63. The molecular formula is C35H36ClNO4S. The van der Waals surface area contributed by atoms with Gasteiger partial charge in [-0.3, -0.25) is 4.79 Å². The maximum atomic E-state index is 11.5. The van der Waals surface area contributed by atoms with Crippen LogP contribution in [0.4, 0.5) is 0 Å². The summed E-state index contributed by atoms with van der Waals surface area (Å²) < 4.78 is 0. The Bertz CT molecular complexity index is 1610. The van der Waals surface area contributed by atoms with Crippen LogP contribution in [0.3, 0.4) is 0 Å². The Labute approximate surface area is 256 Å². The fourth-order valence-corrected chi connectivity index (χ4v) is 7.13. The van der Waals surface area contributed by atoms with Crippen molar-refractivity contribution in [2.45, 2.75) is 56.5 Å². The average Bonchev–Trinajstić information content (AvgIpc) is 3.72. The first-order chi connectivity index (χ1) is 20.0. The van der Waals surface area contributed by atoms with Crippen LogP contribution in [0.2, 0.25) is 5.02 Å². The minimum Gasteiger partial charge on any atom is -0.481 e. The van der Waals surface area contributed by atoms with Crippen LogP contribution >= 0.6 is 23.4 Å². The van der Waals surface area contributed by atoms with Crippen LogP contribution in [0, 0.1) is 5.41 Å². The highest BCUT2D eigenvalue weighted by Gasteiger charge is 2.44. The van der Waals surface area contributed by atoms with E-state index in [0.717, 1.165) is 40.6 Å². The second kappa shape index (κ2) is 12.6. The molecule has 1 heterocycles. The van der Waals surface area contributed by atoms with Gasteiger partial charge in [0.15, 0.2) is 0 Å². The highest BCUT2D eigenvalue weighted by atomic mass is 35.5. The standard InChI is InChI=1S/C35H36ClNO4S/c1-34(2,41)29-9-4-3-8-28(29)31(38)20-32(42-22-35(16-17-35)21-33(39)40)25-7-5-6-23(18-25)10-14-27-15-12-24-11-13-26(36)19-30(24)37-27/h3-15,18-19,31-32,38,41H,16-17,20-22H2,1-2H3,(H,39,40)/b14-10+. The number of hydrogen-bond acceptors (Lipinski definition) is 5. The monoisotopic (exact) mass is 601 g/mol. The van der Waals surface area contributed by atoms with E-state index in [1.165, 1.54) is 0 Å². The lowest BCUT2D eigenvalue weighted by atomic mass is 9.88. The van der Waals surface area contributed by atoms with E-state index in [0.29, 0.717) is 28.3 Å². The number of aliphatic hydroxyl groups excluding tert-OH is 1. The summed E-state index contributed by atoms with van der Waals surface area (Å²) in [6, 6.07) is 25.4. The van der Waals surface area contributed by atoms with Gasteiger partial charge in [-0.1, -0.05) is 78.3 Å². The molecule has 1 aromatic heterocycles. The third kappa shape index (κ3) is 7.61. The molecule has 0 radical (unpaired) electrons. The number of carboxylic acid groups (broad SMARTS) is 1. The first kappa shape index (κ1) is 30.3. The van der Waals surface area contributed by atoms with Crippen LogP contribution in [-0.2, 0) is 10.4 Å². The van der Waals surface area contributed by atoms with Crippen LogP contribution in [0.25, 0.3) is 23.1 Å². The van der Waals surface area contributed by atoms with Crippen LogP contribution in [0.1, 0.15) is 78.8 Å². The van der Waals surface area contributed by atoms with Crippen molar-refractivity contribution in [3.05, 3.63) is 112 Å². The van der Waals surface area contributed by atoms with Gasteiger partial charge in [0.25, 0.3) is 0 Å². The number of carbonyl (C=O) groups is 1. The Morgan fingerprint density at radius 3 is 2.55 bits per heavy atom. The molecule has 5 rings (SSSR count). The molecule has 42 heavy (non-hydrogen) atoms. The van der Waals surface area contributed by atoms with E-state index in [9.17, 15) is 20.1 Å². The van der Waals surface area contributed by atoms with Crippen molar-refractivity contribution in [3.8, 4) is 0 Å². The van der Waals surface area contributed by atoms with Gasteiger partial charge < -0.3 is 15.3 Å². The third-order valence-corrected chi connectivity index (χ3v) is 9.78. The Morgan fingerprint density at radius 1 is 1.05 bits per heavy atom. The van der Waals surface area contributed by atoms with Gasteiger partial charge in [-0.2, -0.15) is 11.8 Å². The summed E-state index contributed by atoms with van der Waals surface area (Å²) in [4.78, 5) is 16.2. The minimum atomic E-state index is -1.09. The summed E-state index contributed by atoms with van der Waals surface area (Å²) in [5.74, 6) is -0.0477. The van der Waals surface area contributed by atoms with Crippen molar-refractivity contribution < 1.29 is 20.1 Å². The fourth-order valence-electron chi connectivity index (χ4n) is 5.37. The van der Waals surface area contributed by atoms with Crippen LogP contribution < -0.4 is 0 Å². The third-order valence-electron chi connectivity index (χ3n) is 7.89. The van der Waals surface area contributed by atoms with Gasteiger partial charge in [0.2, 0.25) is 0 Å². The number of nitrogens with zero attached hydrogens (tertiary/aromatic N) is 1. The number of thioether (sulfide) groups is 1. The van der Waals surface area contributed by atoms with Gasteiger partial charge in [0.1, 0.15) is 0 Å². The zero-order valence-electron chi connectivity index (χ0n) is 23.8. The van der Waals surface area contributed by atoms with Crippen molar-refractivity contribution in [2.75, 3.05) is 5.75 Å². The number of carboxylic acids is 1. The molecule has 0 spiro atoms. The van der Waals surface area contributed by atoms with Crippen molar-refractivity contribution in [1.82, 2.24) is 4.98 Å². The molecule has 0 aliphatic heterocycles. The highest BCUT2D eigenvalue weighted by molar-refractivity contribution is 7.99. The Balaban J connectivity index is 1.40. The Hall–Kier alpha value is -3.16. The number of aliphatic hydroxyl groups is 2. The lowest BCUT2D eigenvalue weighted by molar-refractivity contribution is -0.138. The molecule has 5 nitrogen and oxygen atoms in total. The normalized spacial score (nSPS) is 16.0. The van der Waals surface area contributed by atoms with E-state index < -0.39 is 17.7 Å². The van der Waals surface area contributed by atoms with Gasteiger partial charge >= 0.3 is 5.97 Å². The summed E-state index contributed by atoms with van der Waals surface area (Å²) in [5.41, 5.74) is 3.87. The molecule has 1 saturated carbocycles. The molecule has 218 valence electrons.